The molecule has 1 saturated heterocycles. The quantitative estimate of drug-likeness (QED) is 0.669. The lowest BCUT2D eigenvalue weighted by Crippen LogP contribution is -2.37. The van der Waals surface area contributed by atoms with Gasteiger partial charge in [0.2, 0.25) is 5.91 Å². The molecule has 3 aromatic rings. The third-order valence-electron chi connectivity index (χ3n) is 5.56. The fourth-order valence-corrected chi connectivity index (χ4v) is 4.11. The Morgan fingerprint density at radius 3 is 2.31 bits per heavy atom. The van der Waals surface area contributed by atoms with Crippen LogP contribution in [0.3, 0.4) is 0 Å². The van der Waals surface area contributed by atoms with Gasteiger partial charge in [-0.05, 0) is 29.2 Å². The van der Waals surface area contributed by atoms with E-state index in [-0.39, 0.29) is 17.9 Å². The first-order valence-corrected chi connectivity index (χ1v) is 10.3. The van der Waals surface area contributed by atoms with Gasteiger partial charge in [-0.1, -0.05) is 66.7 Å². The van der Waals surface area contributed by atoms with Crippen LogP contribution in [0.2, 0.25) is 0 Å². The van der Waals surface area contributed by atoms with E-state index in [1.807, 2.05) is 48.7 Å². The summed E-state index contributed by atoms with van der Waals surface area (Å²) in [5, 5.41) is 3.27. The Morgan fingerprint density at radius 1 is 1.00 bits per heavy atom. The summed E-state index contributed by atoms with van der Waals surface area (Å²) in [4.78, 5) is 19.5. The van der Waals surface area contributed by atoms with Gasteiger partial charge in [0.15, 0.2) is 0 Å². The molecule has 1 amide bonds. The summed E-state index contributed by atoms with van der Waals surface area (Å²) in [5.41, 5.74) is 3.57. The summed E-state index contributed by atoms with van der Waals surface area (Å²) in [6.45, 7) is 2.78. The molecule has 4 nitrogen and oxygen atoms in total. The Bertz CT molecular complexity index is 860. The van der Waals surface area contributed by atoms with E-state index in [4.69, 9.17) is 0 Å². The summed E-state index contributed by atoms with van der Waals surface area (Å²) in [6, 6.07) is 24.9. The van der Waals surface area contributed by atoms with Gasteiger partial charge in [0.25, 0.3) is 0 Å². The second-order valence-corrected chi connectivity index (χ2v) is 7.73. The van der Waals surface area contributed by atoms with Crippen molar-refractivity contribution in [1.29, 1.82) is 0 Å². The van der Waals surface area contributed by atoms with E-state index < -0.39 is 0 Å². The van der Waals surface area contributed by atoms with Crippen LogP contribution in [-0.4, -0.2) is 34.9 Å². The molecule has 1 unspecified atom stereocenters. The second kappa shape index (κ2) is 9.48. The highest BCUT2D eigenvalue weighted by Crippen LogP contribution is 2.28. The SMILES string of the molecule is O=C(CC(c1ccccc1)c1ccccc1)NC1CCN(Cc2cccnc2)C1. The predicted molar refractivity (Wildman–Crippen MR) is 115 cm³/mol. The first kappa shape index (κ1) is 19.3. The zero-order valence-electron chi connectivity index (χ0n) is 16.6. The second-order valence-electron chi connectivity index (χ2n) is 7.73. The van der Waals surface area contributed by atoms with E-state index >= 15 is 0 Å². The molecule has 1 fully saturated rings. The lowest BCUT2D eigenvalue weighted by Gasteiger charge is -2.20. The smallest absolute Gasteiger partial charge is 0.221 e. The van der Waals surface area contributed by atoms with Crippen LogP contribution in [0.1, 0.15) is 35.4 Å². The highest BCUT2D eigenvalue weighted by atomic mass is 16.1. The average Bonchev–Trinajstić information content (AvgIpc) is 3.20. The van der Waals surface area contributed by atoms with Crippen LogP contribution < -0.4 is 5.32 Å². The van der Waals surface area contributed by atoms with Crippen LogP contribution in [0.4, 0.5) is 0 Å². The number of amides is 1. The van der Waals surface area contributed by atoms with E-state index in [0.717, 1.165) is 26.1 Å². The van der Waals surface area contributed by atoms with Crippen molar-refractivity contribution in [2.75, 3.05) is 13.1 Å². The molecule has 0 spiro atoms. The van der Waals surface area contributed by atoms with Gasteiger partial charge in [-0.2, -0.15) is 0 Å². The number of nitrogens with one attached hydrogen (secondary N) is 1. The van der Waals surface area contributed by atoms with Gasteiger partial charge in [0.05, 0.1) is 0 Å². The van der Waals surface area contributed by atoms with Crippen molar-refractivity contribution >= 4 is 5.91 Å². The first-order chi connectivity index (χ1) is 14.3. The Labute approximate surface area is 172 Å². The lowest BCUT2D eigenvalue weighted by atomic mass is 9.88. The van der Waals surface area contributed by atoms with Crippen molar-refractivity contribution in [2.45, 2.75) is 31.3 Å². The van der Waals surface area contributed by atoms with Gasteiger partial charge >= 0.3 is 0 Å². The predicted octanol–water partition coefficient (Wildman–Crippen LogP) is 3.99. The number of carbonyl (C=O) groups is 1. The largest absolute Gasteiger partial charge is 0.352 e. The minimum Gasteiger partial charge on any atom is -0.352 e. The van der Waals surface area contributed by atoms with Crippen molar-refractivity contribution in [1.82, 2.24) is 15.2 Å². The van der Waals surface area contributed by atoms with Gasteiger partial charge in [-0.25, -0.2) is 0 Å². The lowest BCUT2D eigenvalue weighted by molar-refractivity contribution is -0.121. The van der Waals surface area contributed by atoms with Crippen molar-refractivity contribution < 1.29 is 4.79 Å². The summed E-state index contributed by atoms with van der Waals surface area (Å²) >= 11 is 0. The van der Waals surface area contributed by atoms with Crippen LogP contribution >= 0.6 is 0 Å². The molecular formula is C25H27N3O. The highest BCUT2D eigenvalue weighted by Gasteiger charge is 2.25. The minimum absolute atomic E-state index is 0.0744. The molecule has 4 rings (SSSR count). The molecule has 1 atom stereocenters. The molecule has 0 bridgehead atoms. The number of benzene rings is 2. The minimum atomic E-state index is 0.0744. The third kappa shape index (κ3) is 5.30. The van der Waals surface area contributed by atoms with Crippen molar-refractivity contribution in [2.24, 2.45) is 0 Å². The molecule has 1 aliphatic rings. The van der Waals surface area contributed by atoms with E-state index in [1.54, 1.807) is 6.20 Å². The number of hydrogen-bond acceptors (Lipinski definition) is 3. The Balaban J connectivity index is 1.36. The Kier molecular flexibility index (Phi) is 6.32. The normalized spacial score (nSPS) is 16.8. The van der Waals surface area contributed by atoms with Crippen molar-refractivity contribution in [3.05, 3.63) is 102 Å². The summed E-state index contributed by atoms with van der Waals surface area (Å²) < 4.78 is 0. The average molecular weight is 386 g/mol. The van der Waals surface area contributed by atoms with Gasteiger partial charge in [-0.3, -0.25) is 14.7 Å². The molecule has 29 heavy (non-hydrogen) atoms. The molecule has 0 radical (unpaired) electrons. The van der Waals surface area contributed by atoms with Crippen molar-refractivity contribution in [3.8, 4) is 0 Å². The van der Waals surface area contributed by atoms with E-state index in [2.05, 4.69) is 45.5 Å². The van der Waals surface area contributed by atoms with E-state index in [0.29, 0.717) is 6.42 Å². The van der Waals surface area contributed by atoms with E-state index in [1.165, 1.54) is 16.7 Å². The molecule has 0 saturated carbocycles. The fourth-order valence-electron chi connectivity index (χ4n) is 4.11. The standard InChI is InChI=1S/C25H27N3O/c29-25(27-23-13-15-28(19-23)18-20-8-7-14-26-17-20)16-24(21-9-3-1-4-10-21)22-11-5-2-6-12-22/h1-12,14,17,23-24H,13,15-16,18-19H2,(H,27,29). The number of carbonyl (C=O) groups excluding carboxylic acids is 1. The summed E-state index contributed by atoms with van der Waals surface area (Å²) in [5.74, 6) is 0.196. The van der Waals surface area contributed by atoms with Gasteiger partial charge < -0.3 is 5.32 Å². The van der Waals surface area contributed by atoms with Crippen LogP contribution in [-0.2, 0) is 11.3 Å². The van der Waals surface area contributed by atoms with Crippen LogP contribution in [0, 0.1) is 0 Å². The molecule has 4 heteroatoms. The van der Waals surface area contributed by atoms with Crippen LogP contribution in [0.5, 0.6) is 0 Å². The maximum Gasteiger partial charge on any atom is 0.221 e. The summed E-state index contributed by atoms with van der Waals surface area (Å²) in [6.07, 6.45) is 5.17. The van der Waals surface area contributed by atoms with Crippen molar-refractivity contribution in [3.63, 3.8) is 0 Å². The molecule has 1 N–H and O–H groups in total. The highest BCUT2D eigenvalue weighted by molar-refractivity contribution is 5.78. The molecular weight excluding hydrogens is 358 g/mol. The van der Waals surface area contributed by atoms with Crippen LogP contribution in [0.15, 0.2) is 85.2 Å². The monoisotopic (exact) mass is 385 g/mol. The molecule has 2 heterocycles. The maximum atomic E-state index is 12.9. The zero-order chi connectivity index (χ0) is 19.9. The van der Waals surface area contributed by atoms with Gasteiger partial charge in [-0.15, -0.1) is 0 Å². The fraction of sp³-hybridized carbons (Fsp3) is 0.280. The Morgan fingerprint density at radius 2 is 1.69 bits per heavy atom. The third-order valence-corrected chi connectivity index (χ3v) is 5.56. The zero-order valence-corrected chi connectivity index (χ0v) is 16.6. The van der Waals surface area contributed by atoms with Gasteiger partial charge in [0.1, 0.15) is 0 Å². The number of aromatic nitrogens is 1. The molecule has 1 aliphatic heterocycles. The molecule has 1 aromatic heterocycles. The molecule has 0 aliphatic carbocycles. The Hall–Kier alpha value is -2.98. The molecule has 2 aromatic carbocycles. The van der Waals surface area contributed by atoms with Crippen LogP contribution in [0.25, 0.3) is 0 Å². The van der Waals surface area contributed by atoms with E-state index in [9.17, 15) is 4.79 Å². The number of rotatable bonds is 7. The maximum absolute atomic E-state index is 12.9. The molecule has 148 valence electrons. The number of likely N-dealkylation sites (tertiary alicyclic amines) is 1. The first-order valence-electron chi connectivity index (χ1n) is 10.3. The topological polar surface area (TPSA) is 45.2 Å². The number of hydrogen-bond donors (Lipinski definition) is 1. The number of pyridine rings is 1. The van der Waals surface area contributed by atoms with Gasteiger partial charge in [0, 0.05) is 50.4 Å². The number of nitrogens with zero attached hydrogens (tertiary/aromatic N) is 2. The summed E-state index contributed by atoms with van der Waals surface area (Å²) in [7, 11) is 0.